The van der Waals surface area contributed by atoms with E-state index in [9.17, 15) is 10.1 Å². The van der Waals surface area contributed by atoms with Crippen molar-refractivity contribution in [3.8, 4) is 0 Å². The summed E-state index contributed by atoms with van der Waals surface area (Å²) in [5, 5.41) is 10.6. The Morgan fingerprint density at radius 2 is 1.50 bits per heavy atom. The molecule has 0 aliphatic heterocycles. The lowest BCUT2D eigenvalue weighted by atomic mass is 10.1. The average molecular weight is 269 g/mol. The molecule has 1 radical (unpaired) electrons. The molecule has 0 amide bonds. The van der Waals surface area contributed by atoms with Gasteiger partial charge in [0.15, 0.2) is 0 Å². The Bertz CT molecular complexity index is 577. The fourth-order valence-electron chi connectivity index (χ4n) is 2.20. The zero-order valence-electron chi connectivity index (χ0n) is 11.4. The zero-order valence-corrected chi connectivity index (χ0v) is 11.4. The van der Waals surface area contributed by atoms with Gasteiger partial charge in [-0.3, -0.25) is 10.1 Å². The summed E-state index contributed by atoms with van der Waals surface area (Å²) in [4.78, 5) is 10.2. The van der Waals surface area contributed by atoms with E-state index in [1.165, 1.54) is 17.7 Å². The Morgan fingerprint density at radius 3 is 2.00 bits per heavy atom. The predicted molar refractivity (Wildman–Crippen MR) is 77.4 cm³/mol. The van der Waals surface area contributed by atoms with E-state index in [2.05, 4.69) is 0 Å². The third kappa shape index (κ3) is 3.90. The van der Waals surface area contributed by atoms with Crippen LogP contribution in [0.25, 0.3) is 0 Å². The van der Waals surface area contributed by atoms with Crippen LogP contribution in [-0.2, 0) is 13.1 Å². The standard InChI is InChI=1S/C16H17N2O2/c1-18(2,12-14-6-4-3-5-7-14)13-15-8-10-16(11-9-15)17(19)20/h1,3-11H,12-13H2,2H3. The van der Waals surface area contributed by atoms with Gasteiger partial charge in [0, 0.05) is 30.3 Å². The number of benzene rings is 2. The van der Waals surface area contributed by atoms with Crippen molar-refractivity contribution in [3.05, 3.63) is 82.9 Å². The second-order valence-electron chi connectivity index (χ2n) is 5.20. The quantitative estimate of drug-likeness (QED) is 0.361. The maximum absolute atomic E-state index is 10.6. The first-order valence-electron chi connectivity index (χ1n) is 6.37. The van der Waals surface area contributed by atoms with Crippen molar-refractivity contribution in [1.29, 1.82) is 0 Å². The molecule has 0 aliphatic rings. The van der Waals surface area contributed by atoms with Gasteiger partial charge >= 0.3 is 0 Å². The van der Waals surface area contributed by atoms with Crippen molar-refractivity contribution in [1.82, 2.24) is 0 Å². The third-order valence-electron chi connectivity index (χ3n) is 3.08. The van der Waals surface area contributed by atoms with Gasteiger partial charge in [0.1, 0.15) is 0 Å². The minimum absolute atomic E-state index is 0.100. The largest absolute Gasteiger partial charge is 0.472 e. The molecule has 0 saturated heterocycles. The zero-order chi connectivity index (χ0) is 14.6. The molecule has 0 fully saturated rings. The highest BCUT2D eigenvalue weighted by Gasteiger charge is 2.11. The van der Waals surface area contributed by atoms with Gasteiger partial charge < -0.3 is 4.48 Å². The molecule has 1 unspecified atom stereocenters. The van der Waals surface area contributed by atoms with E-state index < -0.39 is 4.92 Å². The maximum atomic E-state index is 10.6. The summed E-state index contributed by atoms with van der Waals surface area (Å²) in [6.45, 7) is 1.32. The van der Waals surface area contributed by atoms with Gasteiger partial charge in [-0.1, -0.05) is 30.3 Å². The van der Waals surface area contributed by atoms with Crippen LogP contribution < -0.4 is 0 Å². The highest BCUT2D eigenvalue weighted by atomic mass is 16.6. The first-order valence-corrected chi connectivity index (χ1v) is 6.37. The van der Waals surface area contributed by atoms with Crippen LogP contribution in [0.1, 0.15) is 11.1 Å². The summed E-state index contributed by atoms with van der Waals surface area (Å²) in [6.07, 6.45) is 0. The average Bonchev–Trinajstić information content (AvgIpc) is 2.39. The molecule has 103 valence electrons. The number of rotatable bonds is 5. The van der Waals surface area contributed by atoms with E-state index in [1.807, 2.05) is 37.4 Å². The minimum atomic E-state index is -0.399. The van der Waals surface area contributed by atoms with Crippen LogP contribution >= 0.6 is 0 Å². The molecule has 0 heterocycles. The van der Waals surface area contributed by atoms with Crippen LogP contribution in [0.15, 0.2) is 54.6 Å². The summed E-state index contributed by atoms with van der Waals surface area (Å²) in [6, 6.07) is 16.6. The topological polar surface area (TPSA) is 43.1 Å². The normalized spacial score (nSPS) is 13.7. The maximum Gasteiger partial charge on any atom is 0.269 e. The van der Waals surface area contributed by atoms with Crippen LogP contribution in [0.4, 0.5) is 5.69 Å². The van der Waals surface area contributed by atoms with Gasteiger partial charge in [-0.25, -0.2) is 7.05 Å². The Kier molecular flexibility index (Phi) is 4.15. The Labute approximate surface area is 119 Å². The number of nitro benzene ring substituents is 1. The number of nitro groups is 1. The summed E-state index contributed by atoms with van der Waals surface area (Å²) in [5.74, 6) is 0. The lowest BCUT2D eigenvalue weighted by molar-refractivity contribution is -0.893. The second-order valence-corrected chi connectivity index (χ2v) is 5.20. The molecule has 4 heteroatoms. The van der Waals surface area contributed by atoms with Gasteiger partial charge in [-0.05, 0) is 12.1 Å². The van der Waals surface area contributed by atoms with Gasteiger partial charge in [-0.2, -0.15) is 0 Å². The van der Waals surface area contributed by atoms with E-state index in [4.69, 9.17) is 7.05 Å². The Hall–Kier alpha value is -2.20. The Balaban J connectivity index is 2.06. The lowest BCUT2D eigenvalue weighted by Crippen LogP contribution is -2.35. The van der Waals surface area contributed by atoms with Crippen molar-refractivity contribution >= 4 is 5.69 Å². The number of non-ortho nitro benzene ring substituents is 1. The van der Waals surface area contributed by atoms with Crippen molar-refractivity contribution in [3.63, 3.8) is 0 Å². The molecule has 20 heavy (non-hydrogen) atoms. The number of quaternary nitrogens is 1. The first kappa shape index (κ1) is 14.2. The summed E-state index contributed by atoms with van der Waals surface area (Å²) < 4.78 is 0.307. The molecular formula is C16H17N2O2. The molecule has 1 atom stereocenters. The van der Waals surface area contributed by atoms with Crippen molar-refractivity contribution < 1.29 is 9.41 Å². The van der Waals surface area contributed by atoms with Crippen LogP contribution in [0.3, 0.4) is 0 Å². The third-order valence-corrected chi connectivity index (χ3v) is 3.08. The van der Waals surface area contributed by atoms with E-state index in [0.29, 0.717) is 17.6 Å². The molecule has 2 aromatic carbocycles. The van der Waals surface area contributed by atoms with E-state index >= 15 is 0 Å². The van der Waals surface area contributed by atoms with E-state index in [0.717, 1.165) is 5.56 Å². The molecular weight excluding hydrogens is 252 g/mol. The second kappa shape index (κ2) is 5.84. The molecule has 0 spiro atoms. The first-order chi connectivity index (χ1) is 9.46. The summed E-state index contributed by atoms with van der Waals surface area (Å²) in [5.41, 5.74) is 2.25. The van der Waals surface area contributed by atoms with Crippen LogP contribution in [0.5, 0.6) is 0 Å². The lowest BCUT2D eigenvalue weighted by Gasteiger charge is -2.40. The van der Waals surface area contributed by atoms with E-state index in [-0.39, 0.29) is 5.69 Å². The molecule has 0 bridgehead atoms. The fraction of sp³-hybridized carbons (Fsp3) is 0.188. The molecule has 2 aromatic rings. The molecule has 0 N–H and O–H groups in total. The fourth-order valence-corrected chi connectivity index (χ4v) is 2.20. The molecule has 0 aromatic heterocycles. The van der Waals surface area contributed by atoms with Crippen molar-refractivity contribution in [2.45, 2.75) is 13.1 Å². The molecule has 2 rings (SSSR count). The predicted octanol–water partition coefficient (Wildman–Crippen LogP) is 3.41. The molecule has 0 saturated carbocycles. The smallest absolute Gasteiger partial charge is 0.269 e. The SMILES string of the molecule is [CH-][N+](C)(Cc1ccccc1)Cc1ccc([N+](=O)[O-])cc1. The van der Waals surface area contributed by atoms with Gasteiger partial charge in [-0.15, -0.1) is 0 Å². The van der Waals surface area contributed by atoms with Gasteiger partial charge in [0.25, 0.3) is 5.69 Å². The summed E-state index contributed by atoms with van der Waals surface area (Å²) >= 11 is 0. The van der Waals surface area contributed by atoms with Crippen LogP contribution in [0.2, 0.25) is 0 Å². The van der Waals surface area contributed by atoms with Gasteiger partial charge in [0.05, 0.1) is 18.0 Å². The minimum Gasteiger partial charge on any atom is -0.472 e. The van der Waals surface area contributed by atoms with Crippen LogP contribution in [0, 0.1) is 17.2 Å². The van der Waals surface area contributed by atoms with E-state index in [1.54, 1.807) is 12.1 Å². The van der Waals surface area contributed by atoms with Crippen molar-refractivity contribution in [2.24, 2.45) is 0 Å². The number of hydrogen-bond donors (Lipinski definition) is 0. The van der Waals surface area contributed by atoms with Crippen molar-refractivity contribution in [2.75, 3.05) is 7.05 Å². The van der Waals surface area contributed by atoms with Gasteiger partial charge in [0.2, 0.25) is 0 Å². The molecule has 0 aliphatic carbocycles. The summed E-state index contributed by atoms with van der Waals surface area (Å²) in [7, 11) is 8.22. The highest BCUT2D eigenvalue weighted by molar-refractivity contribution is 5.32. The highest BCUT2D eigenvalue weighted by Crippen LogP contribution is 2.18. The number of hydrogen-bond acceptors (Lipinski definition) is 2. The monoisotopic (exact) mass is 269 g/mol. The molecule has 4 nitrogen and oxygen atoms in total. The Morgan fingerprint density at radius 1 is 1.00 bits per heavy atom. The van der Waals surface area contributed by atoms with Crippen LogP contribution in [-0.4, -0.2) is 16.5 Å². The number of nitrogens with zero attached hydrogens (tertiary/aromatic N) is 2.